The Kier molecular flexibility index (Phi) is 4.59. The third-order valence-electron chi connectivity index (χ3n) is 4.18. The lowest BCUT2D eigenvalue weighted by Crippen LogP contribution is -2.48. The van der Waals surface area contributed by atoms with E-state index in [0.717, 1.165) is 19.3 Å². The molecule has 3 N–H and O–H groups in total. The van der Waals surface area contributed by atoms with Gasteiger partial charge in [0.15, 0.2) is 0 Å². The van der Waals surface area contributed by atoms with Crippen LogP contribution in [0.5, 0.6) is 0 Å². The van der Waals surface area contributed by atoms with Crippen molar-refractivity contribution in [2.75, 3.05) is 19.6 Å². The van der Waals surface area contributed by atoms with Gasteiger partial charge in [-0.05, 0) is 31.6 Å². The van der Waals surface area contributed by atoms with E-state index in [9.17, 15) is 19.5 Å². The Morgan fingerprint density at radius 2 is 2.05 bits per heavy atom. The minimum Gasteiger partial charge on any atom is -0.480 e. The lowest BCUT2D eigenvalue weighted by Gasteiger charge is -2.23. The molecular formula is C13H21N3O4. The molecule has 3 amide bonds. The maximum atomic E-state index is 11.8. The lowest BCUT2D eigenvalue weighted by atomic mass is 9.94. The smallest absolute Gasteiger partial charge is 0.321 e. The summed E-state index contributed by atoms with van der Waals surface area (Å²) < 4.78 is 0. The molecule has 1 saturated heterocycles. The van der Waals surface area contributed by atoms with Crippen LogP contribution in [0.4, 0.5) is 4.79 Å². The fraction of sp³-hybridized carbons (Fsp3) is 0.769. The van der Waals surface area contributed by atoms with E-state index >= 15 is 0 Å². The van der Waals surface area contributed by atoms with Gasteiger partial charge in [-0.25, -0.2) is 4.79 Å². The molecule has 3 unspecified atom stereocenters. The first kappa shape index (κ1) is 14.8. The number of aliphatic carboxylic acids is 1. The number of urea groups is 1. The minimum atomic E-state index is -0.870. The summed E-state index contributed by atoms with van der Waals surface area (Å²) in [6.07, 6.45) is 3.01. The fourth-order valence-electron chi connectivity index (χ4n) is 3.45. The largest absolute Gasteiger partial charge is 0.480 e. The zero-order valence-corrected chi connectivity index (χ0v) is 11.6. The number of carbonyl (C=O) groups is 3. The molecule has 7 nitrogen and oxygen atoms in total. The first-order valence-corrected chi connectivity index (χ1v) is 7.07. The number of carboxylic acids is 1. The standard InChI is InChI=1S/C13H21N3O4/c1-2-14-13(20)15-10(17)7-16-6-8-4-3-5-9(8)11(16)12(18)19/h8-9,11H,2-7H2,1H3,(H,18,19)(H2,14,15,17,20). The highest BCUT2D eigenvalue weighted by molar-refractivity contribution is 5.95. The summed E-state index contributed by atoms with van der Waals surface area (Å²) >= 11 is 0. The van der Waals surface area contributed by atoms with E-state index in [1.54, 1.807) is 11.8 Å². The van der Waals surface area contributed by atoms with E-state index in [2.05, 4.69) is 10.6 Å². The van der Waals surface area contributed by atoms with Crippen molar-refractivity contribution in [2.45, 2.75) is 32.2 Å². The first-order valence-electron chi connectivity index (χ1n) is 7.07. The SMILES string of the molecule is CCNC(=O)NC(=O)CN1CC2CCCC2C1C(=O)O. The number of carboxylic acid groups (broad SMARTS) is 1. The molecule has 0 spiro atoms. The summed E-state index contributed by atoms with van der Waals surface area (Å²) in [5.41, 5.74) is 0. The minimum absolute atomic E-state index is 0.0406. The van der Waals surface area contributed by atoms with Crippen LogP contribution in [0.1, 0.15) is 26.2 Å². The van der Waals surface area contributed by atoms with Crippen LogP contribution in [0.3, 0.4) is 0 Å². The van der Waals surface area contributed by atoms with E-state index in [-0.39, 0.29) is 12.5 Å². The Morgan fingerprint density at radius 1 is 1.30 bits per heavy atom. The van der Waals surface area contributed by atoms with Gasteiger partial charge in [0.25, 0.3) is 0 Å². The van der Waals surface area contributed by atoms with Gasteiger partial charge < -0.3 is 10.4 Å². The van der Waals surface area contributed by atoms with Crippen LogP contribution in [0, 0.1) is 11.8 Å². The van der Waals surface area contributed by atoms with Crippen molar-refractivity contribution in [1.82, 2.24) is 15.5 Å². The third-order valence-corrected chi connectivity index (χ3v) is 4.18. The van der Waals surface area contributed by atoms with Crippen molar-refractivity contribution in [2.24, 2.45) is 11.8 Å². The molecule has 0 aromatic heterocycles. The molecule has 0 radical (unpaired) electrons. The summed E-state index contributed by atoms with van der Waals surface area (Å²) in [5, 5.41) is 14.0. The lowest BCUT2D eigenvalue weighted by molar-refractivity contribution is -0.144. The molecule has 2 rings (SSSR count). The van der Waals surface area contributed by atoms with Gasteiger partial charge in [0.2, 0.25) is 5.91 Å². The number of carbonyl (C=O) groups excluding carboxylic acids is 2. The van der Waals surface area contributed by atoms with Crippen LogP contribution in [0.25, 0.3) is 0 Å². The van der Waals surface area contributed by atoms with E-state index in [1.165, 1.54) is 0 Å². The number of nitrogens with one attached hydrogen (secondary N) is 2. The maximum absolute atomic E-state index is 11.8. The van der Waals surface area contributed by atoms with Gasteiger partial charge in [0.1, 0.15) is 6.04 Å². The highest BCUT2D eigenvalue weighted by Gasteiger charge is 2.48. The van der Waals surface area contributed by atoms with Gasteiger partial charge in [0, 0.05) is 13.1 Å². The van der Waals surface area contributed by atoms with Crippen molar-refractivity contribution < 1.29 is 19.5 Å². The molecule has 0 aromatic rings. The molecule has 20 heavy (non-hydrogen) atoms. The summed E-state index contributed by atoms with van der Waals surface area (Å²) in [6.45, 7) is 2.78. The Morgan fingerprint density at radius 3 is 2.70 bits per heavy atom. The maximum Gasteiger partial charge on any atom is 0.321 e. The van der Waals surface area contributed by atoms with Crippen molar-refractivity contribution in [1.29, 1.82) is 0 Å². The number of fused-ring (bicyclic) bond motifs is 1. The molecule has 0 bridgehead atoms. The molecule has 1 saturated carbocycles. The van der Waals surface area contributed by atoms with E-state index < -0.39 is 23.9 Å². The second-order valence-electron chi connectivity index (χ2n) is 5.47. The van der Waals surface area contributed by atoms with Crippen LogP contribution in [0.2, 0.25) is 0 Å². The zero-order valence-electron chi connectivity index (χ0n) is 11.6. The second kappa shape index (κ2) is 6.21. The van der Waals surface area contributed by atoms with Gasteiger partial charge in [0.05, 0.1) is 6.54 Å². The highest BCUT2D eigenvalue weighted by atomic mass is 16.4. The van der Waals surface area contributed by atoms with E-state index in [4.69, 9.17) is 0 Å². The average Bonchev–Trinajstić information content (AvgIpc) is 2.87. The molecule has 7 heteroatoms. The van der Waals surface area contributed by atoms with Crippen LogP contribution in [-0.4, -0.2) is 53.6 Å². The molecule has 112 valence electrons. The average molecular weight is 283 g/mol. The van der Waals surface area contributed by atoms with Crippen LogP contribution in [-0.2, 0) is 9.59 Å². The highest BCUT2D eigenvalue weighted by Crippen LogP contribution is 2.41. The van der Waals surface area contributed by atoms with Gasteiger partial charge >= 0.3 is 12.0 Å². The molecule has 1 aliphatic carbocycles. The van der Waals surface area contributed by atoms with Crippen molar-refractivity contribution >= 4 is 17.9 Å². The predicted molar refractivity (Wildman–Crippen MR) is 71.0 cm³/mol. The van der Waals surface area contributed by atoms with Gasteiger partial charge in [-0.3, -0.25) is 19.8 Å². The number of amides is 3. The van der Waals surface area contributed by atoms with Crippen molar-refractivity contribution in [3.8, 4) is 0 Å². The number of hydrogen-bond acceptors (Lipinski definition) is 4. The number of hydrogen-bond donors (Lipinski definition) is 3. The normalized spacial score (nSPS) is 28.9. The third kappa shape index (κ3) is 3.09. The molecule has 0 aromatic carbocycles. The second-order valence-corrected chi connectivity index (χ2v) is 5.47. The number of nitrogens with zero attached hydrogens (tertiary/aromatic N) is 1. The number of rotatable bonds is 4. The fourth-order valence-corrected chi connectivity index (χ4v) is 3.45. The predicted octanol–water partition coefficient (Wildman–Crippen LogP) is 0.0172. The van der Waals surface area contributed by atoms with Gasteiger partial charge in [-0.15, -0.1) is 0 Å². The number of imide groups is 1. The van der Waals surface area contributed by atoms with Gasteiger partial charge in [-0.2, -0.15) is 0 Å². The number of likely N-dealkylation sites (tertiary alicyclic amines) is 1. The molecular weight excluding hydrogens is 262 g/mol. The summed E-state index contributed by atoms with van der Waals surface area (Å²) in [7, 11) is 0. The van der Waals surface area contributed by atoms with Crippen LogP contribution < -0.4 is 10.6 Å². The first-order chi connectivity index (χ1) is 9.52. The Labute approximate surface area is 117 Å². The Balaban J connectivity index is 1.93. The monoisotopic (exact) mass is 283 g/mol. The van der Waals surface area contributed by atoms with Gasteiger partial charge in [-0.1, -0.05) is 6.42 Å². The molecule has 2 aliphatic rings. The quantitative estimate of drug-likeness (QED) is 0.675. The summed E-state index contributed by atoms with van der Waals surface area (Å²) in [5.74, 6) is -0.814. The Hall–Kier alpha value is -1.63. The van der Waals surface area contributed by atoms with Crippen molar-refractivity contribution in [3.05, 3.63) is 0 Å². The van der Waals surface area contributed by atoms with E-state index in [1.807, 2.05) is 0 Å². The Bertz CT molecular complexity index is 412. The summed E-state index contributed by atoms with van der Waals surface area (Å²) in [4.78, 5) is 36.1. The van der Waals surface area contributed by atoms with Crippen LogP contribution in [0.15, 0.2) is 0 Å². The molecule has 2 fully saturated rings. The molecule has 1 heterocycles. The summed E-state index contributed by atoms with van der Waals surface area (Å²) in [6, 6.07) is -1.13. The van der Waals surface area contributed by atoms with Crippen molar-refractivity contribution in [3.63, 3.8) is 0 Å². The zero-order chi connectivity index (χ0) is 14.7. The molecule has 1 aliphatic heterocycles. The van der Waals surface area contributed by atoms with Crippen LogP contribution >= 0.6 is 0 Å². The topological polar surface area (TPSA) is 98.7 Å². The molecule has 3 atom stereocenters. The van der Waals surface area contributed by atoms with E-state index in [0.29, 0.717) is 19.0 Å².